The zero-order chi connectivity index (χ0) is 23.3. The summed E-state index contributed by atoms with van der Waals surface area (Å²) in [5.74, 6) is -1.94. The Morgan fingerprint density at radius 3 is 2.00 bits per heavy atom. The predicted molar refractivity (Wildman–Crippen MR) is 121 cm³/mol. The summed E-state index contributed by atoms with van der Waals surface area (Å²) in [7, 11) is 0. The Hall–Kier alpha value is -3.35. The van der Waals surface area contributed by atoms with Gasteiger partial charge in [0.25, 0.3) is 0 Å². The third-order valence-electron chi connectivity index (χ3n) is 6.14. The lowest BCUT2D eigenvalue weighted by atomic mass is 9.98. The average Bonchev–Trinajstić information content (AvgIpc) is 3.12. The van der Waals surface area contributed by atoms with E-state index in [9.17, 15) is 19.5 Å². The van der Waals surface area contributed by atoms with Crippen LogP contribution < -0.4 is 10.6 Å². The number of ether oxygens (including phenoxy) is 1. The van der Waals surface area contributed by atoms with Crippen LogP contribution in [0.5, 0.6) is 0 Å². The maximum absolute atomic E-state index is 12.6. The van der Waals surface area contributed by atoms with Crippen molar-refractivity contribution in [3.63, 3.8) is 0 Å². The van der Waals surface area contributed by atoms with Gasteiger partial charge in [-0.2, -0.15) is 0 Å². The molecule has 2 aromatic rings. The van der Waals surface area contributed by atoms with Crippen LogP contribution >= 0.6 is 0 Å². The third kappa shape index (κ3) is 4.93. The minimum Gasteiger partial charge on any atom is -0.480 e. The summed E-state index contributed by atoms with van der Waals surface area (Å²) < 4.78 is 5.50. The number of fused-ring (bicyclic) bond motifs is 3. The zero-order valence-corrected chi connectivity index (χ0v) is 18.6. The lowest BCUT2D eigenvalue weighted by Crippen LogP contribution is -2.53. The van der Waals surface area contributed by atoms with Crippen LogP contribution in [0.1, 0.15) is 50.7 Å². The van der Waals surface area contributed by atoms with Gasteiger partial charge in [-0.3, -0.25) is 4.79 Å². The first-order valence-electron chi connectivity index (χ1n) is 11.0. The molecule has 3 atom stereocenters. The largest absolute Gasteiger partial charge is 0.480 e. The van der Waals surface area contributed by atoms with E-state index in [4.69, 9.17) is 4.74 Å². The minimum atomic E-state index is -1.09. The fourth-order valence-electron chi connectivity index (χ4n) is 4.07. The van der Waals surface area contributed by atoms with Gasteiger partial charge >= 0.3 is 12.1 Å². The number of carboxylic acid groups (broad SMARTS) is 1. The van der Waals surface area contributed by atoms with Crippen molar-refractivity contribution in [3.05, 3.63) is 59.7 Å². The van der Waals surface area contributed by atoms with Crippen molar-refractivity contribution < 1.29 is 24.2 Å². The highest BCUT2D eigenvalue weighted by Crippen LogP contribution is 2.44. The molecule has 0 saturated carbocycles. The Morgan fingerprint density at radius 2 is 1.50 bits per heavy atom. The molecule has 0 fully saturated rings. The number of rotatable bonds is 9. The van der Waals surface area contributed by atoms with E-state index in [1.165, 1.54) is 0 Å². The van der Waals surface area contributed by atoms with E-state index in [0.717, 1.165) is 22.3 Å². The zero-order valence-electron chi connectivity index (χ0n) is 18.6. The van der Waals surface area contributed by atoms with E-state index in [1.807, 2.05) is 43.3 Å². The fourth-order valence-corrected chi connectivity index (χ4v) is 4.07. The van der Waals surface area contributed by atoms with Crippen molar-refractivity contribution in [1.82, 2.24) is 10.6 Å². The summed E-state index contributed by atoms with van der Waals surface area (Å²) in [5, 5.41) is 14.5. The molecule has 3 rings (SSSR count). The van der Waals surface area contributed by atoms with Crippen molar-refractivity contribution >= 4 is 18.0 Å². The molecule has 0 bridgehead atoms. The van der Waals surface area contributed by atoms with Gasteiger partial charge in [0, 0.05) is 5.92 Å². The first kappa shape index (κ1) is 23.3. The second kappa shape index (κ2) is 10.3. The van der Waals surface area contributed by atoms with E-state index in [0.29, 0.717) is 12.8 Å². The quantitative estimate of drug-likeness (QED) is 0.550. The molecule has 2 aromatic carbocycles. The van der Waals surface area contributed by atoms with Crippen molar-refractivity contribution in [2.75, 3.05) is 6.61 Å². The van der Waals surface area contributed by atoms with Crippen LogP contribution in [0, 0.1) is 5.92 Å². The number of carbonyl (C=O) groups is 3. The number of hydrogen-bond acceptors (Lipinski definition) is 4. The van der Waals surface area contributed by atoms with Gasteiger partial charge in [0.2, 0.25) is 5.91 Å². The maximum atomic E-state index is 12.6. The Kier molecular flexibility index (Phi) is 7.51. The summed E-state index contributed by atoms with van der Waals surface area (Å²) in [6.07, 6.45) is 0.209. The molecule has 0 saturated heterocycles. The molecule has 0 aromatic heterocycles. The smallest absolute Gasteiger partial charge is 0.407 e. The van der Waals surface area contributed by atoms with Crippen LogP contribution in [0.15, 0.2) is 48.5 Å². The fraction of sp³-hybridized carbons (Fsp3) is 0.400. The van der Waals surface area contributed by atoms with Crippen LogP contribution in [0.2, 0.25) is 0 Å². The highest BCUT2D eigenvalue weighted by atomic mass is 16.5. The minimum absolute atomic E-state index is 0.0798. The van der Waals surface area contributed by atoms with Gasteiger partial charge in [-0.05, 0) is 34.6 Å². The molecular formula is C25H30N2O5. The number of carboxylic acids is 1. The number of aliphatic carboxylic acids is 1. The third-order valence-corrected chi connectivity index (χ3v) is 6.14. The van der Waals surface area contributed by atoms with Crippen LogP contribution in [0.3, 0.4) is 0 Å². The Morgan fingerprint density at radius 1 is 0.938 bits per heavy atom. The maximum Gasteiger partial charge on any atom is 0.407 e. The lowest BCUT2D eigenvalue weighted by molar-refractivity contribution is -0.143. The molecule has 170 valence electrons. The molecule has 32 heavy (non-hydrogen) atoms. The molecule has 1 aliphatic rings. The summed E-state index contributed by atoms with van der Waals surface area (Å²) in [5.41, 5.74) is 4.47. The van der Waals surface area contributed by atoms with Crippen molar-refractivity contribution in [1.29, 1.82) is 0 Å². The van der Waals surface area contributed by atoms with Crippen LogP contribution in [0.25, 0.3) is 11.1 Å². The van der Waals surface area contributed by atoms with Gasteiger partial charge in [-0.1, -0.05) is 75.7 Å². The molecule has 3 N–H and O–H groups in total. The molecule has 0 heterocycles. The predicted octanol–water partition coefficient (Wildman–Crippen LogP) is 3.92. The van der Waals surface area contributed by atoms with Crippen molar-refractivity contribution in [3.8, 4) is 11.1 Å². The van der Waals surface area contributed by atoms with Crippen molar-refractivity contribution in [2.45, 2.75) is 51.6 Å². The molecule has 0 aliphatic heterocycles. The highest BCUT2D eigenvalue weighted by molar-refractivity contribution is 5.89. The van der Waals surface area contributed by atoms with Crippen LogP contribution in [0.4, 0.5) is 4.79 Å². The topological polar surface area (TPSA) is 105 Å². The van der Waals surface area contributed by atoms with E-state index in [-0.39, 0.29) is 18.4 Å². The summed E-state index contributed by atoms with van der Waals surface area (Å²) in [6.45, 7) is 5.51. The Bertz CT molecular complexity index is 944. The molecular weight excluding hydrogens is 408 g/mol. The highest BCUT2D eigenvalue weighted by Gasteiger charge is 2.31. The first-order chi connectivity index (χ1) is 15.4. The number of amides is 2. The number of alkyl carbamates (subject to hydrolysis) is 1. The van der Waals surface area contributed by atoms with Gasteiger partial charge in [0.05, 0.1) is 0 Å². The van der Waals surface area contributed by atoms with Gasteiger partial charge in [0.1, 0.15) is 18.7 Å². The van der Waals surface area contributed by atoms with Gasteiger partial charge in [-0.15, -0.1) is 0 Å². The normalized spacial score (nSPS) is 15.1. The summed E-state index contributed by atoms with van der Waals surface area (Å²) >= 11 is 0. The number of benzene rings is 2. The van der Waals surface area contributed by atoms with E-state index in [2.05, 4.69) is 22.8 Å². The first-order valence-corrected chi connectivity index (χ1v) is 11.0. The molecule has 7 heteroatoms. The molecule has 2 amide bonds. The van der Waals surface area contributed by atoms with Crippen LogP contribution in [-0.2, 0) is 14.3 Å². The Labute approximate surface area is 188 Å². The monoisotopic (exact) mass is 438 g/mol. The van der Waals surface area contributed by atoms with E-state index < -0.39 is 30.1 Å². The second-order valence-electron chi connectivity index (χ2n) is 8.14. The number of nitrogens with one attached hydrogen (secondary N) is 2. The van der Waals surface area contributed by atoms with Gasteiger partial charge in [0.15, 0.2) is 0 Å². The second-order valence-corrected chi connectivity index (χ2v) is 8.14. The summed E-state index contributed by atoms with van der Waals surface area (Å²) in [4.78, 5) is 36.6. The number of hydrogen-bond donors (Lipinski definition) is 3. The van der Waals surface area contributed by atoms with Crippen molar-refractivity contribution in [2.24, 2.45) is 5.92 Å². The molecule has 1 aliphatic carbocycles. The van der Waals surface area contributed by atoms with Gasteiger partial charge < -0.3 is 20.5 Å². The average molecular weight is 439 g/mol. The van der Waals surface area contributed by atoms with Gasteiger partial charge in [-0.25, -0.2) is 9.59 Å². The number of carbonyl (C=O) groups excluding carboxylic acids is 2. The SMILES string of the molecule is CC[C@H](NC(=O)OCC1c2ccccc2-c2ccccc21)C(=O)N[C@H](C(=O)O)[C@@H](C)CC. The standard InChI is InChI=1S/C25H30N2O5/c1-4-15(3)22(24(29)30)27-23(28)21(5-2)26-25(31)32-14-20-18-12-8-6-10-16(18)17-11-7-9-13-19(17)20/h6-13,15,20-22H,4-5,14H2,1-3H3,(H,26,31)(H,27,28)(H,29,30)/t15-,21-,22-/m0/s1. The molecule has 0 spiro atoms. The lowest BCUT2D eigenvalue weighted by Gasteiger charge is -2.24. The molecule has 0 radical (unpaired) electrons. The van der Waals surface area contributed by atoms with E-state index in [1.54, 1.807) is 13.8 Å². The summed E-state index contributed by atoms with van der Waals surface area (Å²) in [6, 6.07) is 14.2. The Balaban J connectivity index is 1.63. The van der Waals surface area contributed by atoms with Crippen LogP contribution in [-0.4, -0.2) is 41.8 Å². The molecule has 7 nitrogen and oxygen atoms in total. The van der Waals surface area contributed by atoms with E-state index >= 15 is 0 Å². The molecule has 0 unspecified atom stereocenters.